The van der Waals surface area contributed by atoms with Crippen molar-refractivity contribution in [1.82, 2.24) is 0 Å². The van der Waals surface area contributed by atoms with Gasteiger partial charge in [0.05, 0.1) is 14.2 Å². The Bertz CT molecular complexity index is 430. The SMILES string of the molecule is CCCCCCCCc1cc(OC)c(C[C@@H](C)N)cc1OC. The van der Waals surface area contributed by atoms with Crippen molar-refractivity contribution >= 4 is 0 Å². The molecule has 22 heavy (non-hydrogen) atoms. The zero-order valence-corrected chi connectivity index (χ0v) is 14.8. The summed E-state index contributed by atoms with van der Waals surface area (Å²) in [5.41, 5.74) is 8.28. The summed E-state index contributed by atoms with van der Waals surface area (Å²) in [7, 11) is 3.46. The van der Waals surface area contributed by atoms with E-state index in [4.69, 9.17) is 15.2 Å². The molecule has 0 heterocycles. The zero-order valence-electron chi connectivity index (χ0n) is 14.8. The van der Waals surface area contributed by atoms with Crippen LogP contribution in [0, 0.1) is 0 Å². The molecule has 0 fully saturated rings. The summed E-state index contributed by atoms with van der Waals surface area (Å²) in [6.07, 6.45) is 9.67. The molecule has 3 nitrogen and oxygen atoms in total. The van der Waals surface area contributed by atoms with E-state index in [9.17, 15) is 0 Å². The predicted molar refractivity (Wildman–Crippen MR) is 94.0 cm³/mol. The molecule has 0 bridgehead atoms. The van der Waals surface area contributed by atoms with Crippen molar-refractivity contribution < 1.29 is 9.47 Å². The van der Waals surface area contributed by atoms with Crippen LogP contribution in [0.3, 0.4) is 0 Å². The fourth-order valence-corrected chi connectivity index (χ4v) is 2.82. The van der Waals surface area contributed by atoms with E-state index in [1.165, 1.54) is 44.1 Å². The molecule has 1 aromatic carbocycles. The molecule has 0 aliphatic heterocycles. The molecule has 1 atom stereocenters. The topological polar surface area (TPSA) is 44.5 Å². The third-order valence-electron chi connectivity index (χ3n) is 4.03. The van der Waals surface area contributed by atoms with Crippen molar-refractivity contribution in [2.24, 2.45) is 5.73 Å². The van der Waals surface area contributed by atoms with Gasteiger partial charge in [-0.05, 0) is 49.4 Å². The van der Waals surface area contributed by atoms with Gasteiger partial charge in [0, 0.05) is 6.04 Å². The molecule has 0 amide bonds. The van der Waals surface area contributed by atoms with Crippen LogP contribution < -0.4 is 15.2 Å². The third kappa shape index (κ3) is 6.27. The minimum Gasteiger partial charge on any atom is -0.496 e. The van der Waals surface area contributed by atoms with Crippen molar-refractivity contribution in [3.8, 4) is 11.5 Å². The average molecular weight is 307 g/mol. The van der Waals surface area contributed by atoms with Gasteiger partial charge in [0.2, 0.25) is 0 Å². The Labute approximate surface area is 136 Å². The van der Waals surface area contributed by atoms with Crippen LogP contribution in [0.5, 0.6) is 11.5 Å². The Hall–Kier alpha value is -1.22. The third-order valence-corrected chi connectivity index (χ3v) is 4.03. The summed E-state index contributed by atoms with van der Waals surface area (Å²) >= 11 is 0. The molecule has 1 rings (SSSR count). The maximum absolute atomic E-state index is 5.92. The van der Waals surface area contributed by atoms with Crippen LogP contribution in [0.1, 0.15) is 63.5 Å². The van der Waals surface area contributed by atoms with E-state index >= 15 is 0 Å². The van der Waals surface area contributed by atoms with Crippen LogP contribution in [-0.4, -0.2) is 20.3 Å². The second kappa shape index (κ2) is 10.5. The van der Waals surface area contributed by atoms with Gasteiger partial charge >= 0.3 is 0 Å². The van der Waals surface area contributed by atoms with Crippen molar-refractivity contribution in [2.45, 2.75) is 71.3 Å². The van der Waals surface area contributed by atoms with E-state index in [1.807, 2.05) is 6.92 Å². The zero-order chi connectivity index (χ0) is 16.4. The summed E-state index contributed by atoms with van der Waals surface area (Å²) in [6.45, 7) is 4.26. The Morgan fingerprint density at radius 1 is 0.909 bits per heavy atom. The van der Waals surface area contributed by atoms with E-state index in [0.29, 0.717) is 0 Å². The largest absolute Gasteiger partial charge is 0.496 e. The van der Waals surface area contributed by atoms with E-state index in [-0.39, 0.29) is 6.04 Å². The van der Waals surface area contributed by atoms with Gasteiger partial charge in [-0.1, -0.05) is 39.0 Å². The molecular formula is C19H33NO2. The quantitative estimate of drug-likeness (QED) is 0.612. The number of unbranched alkanes of at least 4 members (excludes halogenated alkanes) is 5. The minimum absolute atomic E-state index is 0.114. The van der Waals surface area contributed by atoms with Crippen molar-refractivity contribution in [2.75, 3.05) is 14.2 Å². The molecule has 2 N–H and O–H groups in total. The fraction of sp³-hybridized carbons (Fsp3) is 0.684. The number of benzene rings is 1. The molecule has 0 aromatic heterocycles. The number of nitrogens with two attached hydrogens (primary N) is 1. The smallest absolute Gasteiger partial charge is 0.122 e. The molecule has 0 saturated heterocycles. The van der Waals surface area contributed by atoms with Crippen molar-refractivity contribution in [3.05, 3.63) is 23.3 Å². The van der Waals surface area contributed by atoms with Gasteiger partial charge < -0.3 is 15.2 Å². The standard InChI is InChI=1S/C19H33NO2/c1-5-6-7-8-9-10-11-16-13-19(22-4)17(12-15(2)20)14-18(16)21-3/h13-15H,5-12,20H2,1-4H3/t15-/m1/s1. The first kappa shape index (κ1) is 18.8. The number of hydrogen-bond donors (Lipinski definition) is 1. The van der Waals surface area contributed by atoms with Crippen LogP contribution in [-0.2, 0) is 12.8 Å². The van der Waals surface area contributed by atoms with Gasteiger partial charge in [0.25, 0.3) is 0 Å². The molecule has 0 spiro atoms. The van der Waals surface area contributed by atoms with Gasteiger partial charge in [0.15, 0.2) is 0 Å². The van der Waals surface area contributed by atoms with Crippen molar-refractivity contribution in [3.63, 3.8) is 0 Å². The lowest BCUT2D eigenvalue weighted by atomic mass is 9.99. The van der Waals surface area contributed by atoms with E-state index in [0.717, 1.165) is 29.9 Å². The number of methoxy groups -OCH3 is 2. The molecule has 0 aliphatic carbocycles. The van der Waals surface area contributed by atoms with Crippen LogP contribution in [0.25, 0.3) is 0 Å². The molecule has 3 heteroatoms. The lowest BCUT2D eigenvalue weighted by Gasteiger charge is -2.16. The predicted octanol–water partition coefficient (Wildman–Crippen LogP) is 4.50. The second-order valence-electron chi connectivity index (χ2n) is 6.18. The number of rotatable bonds is 11. The Morgan fingerprint density at radius 2 is 1.45 bits per heavy atom. The average Bonchev–Trinajstić information content (AvgIpc) is 2.50. The van der Waals surface area contributed by atoms with Crippen molar-refractivity contribution in [1.29, 1.82) is 0 Å². The minimum atomic E-state index is 0.114. The highest BCUT2D eigenvalue weighted by molar-refractivity contribution is 5.47. The Morgan fingerprint density at radius 3 is 2.05 bits per heavy atom. The monoisotopic (exact) mass is 307 g/mol. The maximum atomic E-state index is 5.92. The van der Waals surface area contributed by atoms with Gasteiger partial charge in [0.1, 0.15) is 11.5 Å². The number of ether oxygens (including phenoxy) is 2. The highest BCUT2D eigenvalue weighted by Gasteiger charge is 2.12. The van der Waals surface area contributed by atoms with E-state index < -0.39 is 0 Å². The van der Waals surface area contributed by atoms with Gasteiger partial charge in [-0.3, -0.25) is 0 Å². The first-order valence-corrected chi connectivity index (χ1v) is 8.61. The van der Waals surface area contributed by atoms with E-state index in [1.54, 1.807) is 14.2 Å². The fourth-order valence-electron chi connectivity index (χ4n) is 2.82. The molecule has 0 aliphatic rings. The molecule has 0 unspecified atom stereocenters. The van der Waals surface area contributed by atoms with Crippen LogP contribution in [0.2, 0.25) is 0 Å². The van der Waals surface area contributed by atoms with E-state index in [2.05, 4.69) is 19.1 Å². The summed E-state index contributed by atoms with van der Waals surface area (Å²) in [5, 5.41) is 0. The van der Waals surface area contributed by atoms with Crippen LogP contribution in [0.15, 0.2) is 12.1 Å². The first-order valence-electron chi connectivity index (χ1n) is 8.61. The molecule has 126 valence electrons. The molecular weight excluding hydrogens is 274 g/mol. The van der Waals surface area contributed by atoms with Gasteiger partial charge in [-0.15, -0.1) is 0 Å². The summed E-state index contributed by atoms with van der Waals surface area (Å²) in [5.74, 6) is 1.89. The van der Waals surface area contributed by atoms with Gasteiger partial charge in [-0.25, -0.2) is 0 Å². The molecule has 0 saturated carbocycles. The van der Waals surface area contributed by atoms with Crippen LogP contribution >= 0.6 is 0 Å². The normalized spacial score (nSPS) is 12.2. The molecule has 0 radical (unpaired) electrons. The highest BCUT2D eigenvalue weighted by atomic mass is 16.5. The highest BCUT2D eigenvalue weighted by Crippen LogP contribution is 2.31. The lowest BCUT2D eigenvalue weighted by Crippen LogP contribution is -2.18. The summed E-state index contributed by atoms with van der Waals surface area (Å²) in [6, 6.07) is 4.33. The number of hydrogen-bond acceptors (Lipinski definition) is 3. The Kier molecular flexibility index (Phi) is 8.98. The summed E-state index contributed by atoms with van der Waals surface area (Å²) < 4.78 is 11.1. The first-order chi connectivity index (χ1) is 10.6. The summed E-state index contributed by atoms with van der Waals surface area (Å²) in [4.78, 5) is 0. The van der Waals surface area contributed by atoms with Gasteiger partial charge in [-0.2, -0.15) is 0 Å². The molecule has 1 aromatic rings. The maximum Gasteiger partial charge on any atom is 0.122 e. The lowest BCUT2D eigenvalue weighted by molar-refractivity contribution is 0.393. The Balaban J connectivity index is 2.68. The number of aryl methyl sites for hydroxylation is 1. The second-order valence-corrected chi connectivity index (χ2v) is 6.18. The van der Waals surface area contributed by atoms with Crippen LogP contribution in [0.4, 0.5) is 0 Å².